The minimum atomic E-state index is -4.60. The van der Waals surface area contributed by atoms with Crippen LogP contribution in [0.3, 0.4) is 0 Å². The number of amides is 1. The van der Waals surface area contributed by atoms with E-state index < -0.39 is 29.7 Å². The smallest absolute Gasteiger partial charge is 0.416 e. The zero-order valence-corrected chi connectivity index (χ0v) is 16.0. The molecule has 1 atom stereocenters. The maximum absolute atomic E-state index is 12.9. The molecule has 12 heteroatoms. The molecular weight excluding hydrogens is 427 g/mol. The van der Waals surface area contributed by atoms with Crippen molar-refractivity contribution >= 4 is 29.2 Å². The molecule has 0 aliphatic rings. The molecule has 0 aliphatic heterocycles. The summed E-state index contributed by atoms with van der Waals surface area (Å²) in [6, 6.07) is 8.64. The first-order valence-electron chi connectivity index (χ1n) is 8.37. The number of nitrogens with one attached hydrogen (secondary N) is 1. The highest BCUT2D eigenvalue weighted by Crippen LogP contribution is 2.33. The van der Waals surface area contributed by atoms with Crippen LogP contribution < -0.4 is 5.32 Å². The van der Waals surface area contributed by atoms with Gasteiger partial charge in [0.1, 0.15) is 6.33 Å². The summed E-state index contributed by atoms with van der Waals surface area (Å²) in [6.45, 7) is 1.28. The Morgan fingerprint density at radius 3 is 2.63 bits per heavy atom. The van der Waals surface area contributed by atoms with E-state index in [9.17, 15) is 22.8 Å². The lowest BCUT2D eigenvalue weighted by Crippen LogP contribution is -2.30. The second kappa shape index (κ2) is 8.49. The van der Waals surface area contributed by atoms with E-state index in [4.69, 9.17) is 16.3 Å². The maximum Gasteiger partial charge on any atom is 0.416 e. The van der Waals surface area contributed by atoms with E-state index in [0.29, 0.717) is 11.8 Å². The Morgan fingerprint density at radius 2 is 1.97 bits per heavy atom. The predicted molar refractivity (Wildman–Crippen MR) is 99.1 cm³/mol. The van der Waals surface area contributed by atoms with Gasteiger partial charge in [-0.1, -0.05) is 17.7 Å². The summed E-state index contributed by atoms with van der Waals surface area (Å²) in [5, 5.41) is 12.8. The first kappa shape index (κ1) is 21.2. The zero-order chi connectivity index (χ0) is 21.9. The largest absolute Gasteiger partial charge is 0.449 e. The zero-order valence-electron chi connectivity index (χ0n) is 15.2. The van der Waals surface area contributed by atoms with Gasteiger partial charge in [-0.2, -0.15) is 13.2 Å². The molecule has 0 aliphatic carbocycles. The number of rotatable bonds is 5. The summed E-state index contributed by atoms with van der Waals surface area (Å²) >= 11 is 5.85. The lowest BCUT2D eigenvalue weighted by molar-refractivity contribution is -0.137. The number of esters is 1. The summed E-state index contributed by atoms with van der Waals surface area (Å²) in [5.74, 6) is -1.66. The summed E-state index contributed by atoms with van der Waals surface area (Å²) < 4.78 is 45.0. The van der Waals surface area contributed by atoms with E-state index in [1.165, 1.54) is 30.1 Å². The van der Waals surface area contributed by atoms with E-state index >= 15 is 0 Å². The second-order valence-electron chi connectivity index (χ2n) is 6.03. The van der Waals surface area contributed by atoms with Gasteiger partial charge in [0.25, 0.3) is 5.91 Å². The Kier molecular flexibility index (Phi) is 6.01. The van der Waals surface area contributed by atoms with E-state index in [2.05, 4.69) is 20.8 Å². The third kappa shape index (κ3) is 4.92. The topological polar surface area (TPSA) is 99.0 Å². The molecular formula is C18H13ClF3N5O3. The lowest BCUT2D eigenvalue weighted by Gasteiger charge is -2.16. The van der Waals surface area contributed by atoms with Gasteiger partial charge in [0.2, 0.25) is 0 Å². The Hall–Kier alpha value is -3.47. The van der Waals surface area contributed by atoms with Crippen molar-refractivity contribution in [3.05, 3.63) is 64.9 Å². The first-order chi connectivity index (χ1) is 14.1. The third-order valence-corrected chi connectivity index (χ3v) is 4.23. The predicted octanol–water partition coefficient (Wildman–Crippen LogP) is 3.52. The molecule has 1 aromatic heterocycles. The molecule has 8 nitrogen and oxygen atoms in total. The van der Waals surface area contributed by atoms with Gasteiger partial charge >= 0.3 is 12.1 Å². The normalized spacial score (nSPS) is 12.3. The van der Waals surface area contributed by atoms with Crippen molar-refractivity contribution in [2.75, 3.05) is 5.32 Å². The molecule has 0 radical (unpaired) electrons. The van der Waals surface area contributed by atoms with Crippen molar-refractivity contribution in [3.8, 4) is 5.69 Å². The molecule has 1 N–H and O–H groups in total. The van der Waals surface area contributed by atoms with Crippen LogP contribution in [0.15, 0.2) is 48.8 Å². The molecule has 0 saturated heterocycles. The monoisotopic (exact) mass is 439 g/mol. The minimum Gasteiger partial charge on any atom is -0.449 e. The molecule has 0 fully saturated rings. The van der Waals surface area contributed by atoms with Crippen molar-refractivity contribution in [1.29, 1.82) is 0 Å². The van der Waals surface area contributed by atoms with Gasteiger partial charge in [-0.05, 0) is 53.7 Å². The van der Waals surface area contributed by atoms with Gasteiger partial charge < -0.3 is 10.1 Å². The van der Waals surface area contributed by atoms with E-state index in [0.717, 1.165) is 12.1 Å². The third-order valence-electron chi connectivity index (χ3n) is 3.90. The highest BCUT2D eigenvalue weighted by atomic mass is 35.5. The van der Waals surface area contributed by atoms with Gasteiger partial charge in [-0.25, -0.2) is 9.48 Å². The molecule has 3 aromatic rings. The van der Waals surface area contributed by atoms with Crippen LogP contribution in [0.5, 0.6) is 0 Å². The van der Waals surface area contributed by atoms with Crippen LogP contribution in [0.25, 0.3) is 5.69 Å². The van der Waals surface area contributed by atoms with Crippen LogP contribution in [0.4, 0.5) is 18.9 Å². The number of tetrazole rings is 1. The molecule has 0 saturated carbocycles. The number of hydrogen-bond donors (Lipinski definition) is 1. The van der Waals surface area contributed by atoms with Crippen LogP contribution >= 0.6 is 11.6 Å². The average Bonchev–Trinajstić information content (AvgIpc) is 3.23. The first-order valence-corrected chi connectivity index (χ1v) is 8.75. The Morgan fingerprint density at radius 1 is 1.20 bits per heavy atom. The van der Waals surface area contributed by atoms with Gasteiger partial charge in [0.05, 0.1) is 27.5 Å². The number of anilines is 1. The fraction of sp³-hybridized carbons (Fsp3) is 0.167. The number of nitrogens with zero attached hydrogens (tertiary/aromatic N) is 4. The molecule has 0 bridgehead atoms. The van der Waals surface area contributed by atoms with E-state index in [-0.39, 0.29) is 16.3 Å². The molecule has 30 heavy (non-hydrogen) atoms. The number of halogens is 4. The second-order valence-corrected chi connectivity index (χ2v) is 6.44. The van der Waals surface area contributed by atoms with Crippen molar-refractivity contribution < 1.29 is 27.5 Å². The number of ether oxygens (including phenoxy) is 1. The molecule has 3 rings (SSSR count). The number of benzene rings is 2. The Labute approximate surface area is 172 Å². The van der Waals surface area contributed by atoms with Crippen molar-refractivity contribution in [2.45, 2.75) is 19.2 Å². The number of hydrogen-bond acceptors (Lipinski definition) is 6. The quantitative estimate of drug-likeness (QED) is 0.611. The molecule has 0 unspecified atom stereocenters. The van der Waals surface area contributed by atoms with E-state index in [1.54, 1.807) is 12.1 Å². The van der Waals surface area contributed by atoms with Gasteiger partial charge in [0.15, 0.2) is 6.10 Å². The summed E-state index contributed by atoms with van der Waals surface area (Å²) in [5.41, 5.74) is -0.617. The van der Waals surface area contributed by atoms with Crippen molar-refractivity contribution in [3.63, 3.8) is 0 Å². The maximum atomic E-state index is 12.9. The van der Waals surface area contributed by atoms with Gasteiger partial charge in [-0.15, -0.1) is 5.10 Å². The molecule has 1 amide bonds. The fourth-order valence-electron chi connectivity index (χ4n) is 2.37. The van der Waals surface area contributed by atoms with Crippen LogP contribution in [0.2, 0.25) is 5.02 Å². The van der Waals surface area contributed by atoms with E-state index in [1.807, 2.05) is 0 Å². The Bertz CT molecular complexity index is 1070. The summed E-state index contributed by atoms with van der Waals surface area (Å²) in [4.78, 5) is 24.6. The highest BCUT2D eigenvalue weighted by Gasteiger charge is 2.31. The molecule has 1 heterocycles. The lowest BCUT2D eigenvalue weighted by atomic mass is 10.2. The van der Waals surface area contributed by atoms with Crippen LogP contribution in [-0.2, 0) is 15.7 Å². The number of carbonyl (C=O) groups excluding carboxylic acids is 2. The minimum absolute atomic E-state index is 0.0935. The number of alkyl halides is 3. The van der Waals surface area contributed by atoms with Crippen LogP contribution in [-0.4, -0.2) is 38.2 Å². The number of aromatic nitrogens is 4. The fourth-order valence-corrected chi connectivity index (χ4v) is 2.53. The SMILES string of the molecule is C[C@H](OC(=O)c1cccc(-n2cnnn2)c1)C(=O)Nc1cc(C(F)(F)F)ccc1Cl. The summed E-state index contributed by atoms with van der Waals surface area (Å²) in [6.07, 6.45) is -4.58. The van der Waals surface area contributed by atoms with Gasteiger partial charge in [0, 0.05) is 0 Å². The van der Waals surface area contributed by atoms with Crippen molar-refractivity contribution in [2.24, 2.45) is 0 Å². The average molecular weight is 440 g/mol. The van der Waals surface area contributed by atoms with Crippen LogP contribution in [0, 0.1) is 0 Å². The summed E-state index contributed by atoms with van der Waals surface area (Å²) in [7, 11) is 0. The molecule has 156 valence electrons. The van der Waals surface area contributed by atoms with Crippen molar-refractivity contribution in [1.82, 2.24) is 20.2 Å². The highest BCUT2D eigenvalue weighted by molar-refractivity contribution is 6.33. The van der Waals surface area contributed by atoms with Gasteiger partial charge in [-0.3, -0.25) is 4.79 Å². The molecule has 2 aromatic carbocycles. The standard InChI is InChI=1S/C18H13ClF3N5O3/c1-10(16(28)24-15-8-12(18(20,21)22)5-6-14(15)19)30-17(29)11-3-2-4-13(7-11)27-9-23-25-26-27/h2-10H,1H3,(H,24,28)/t10-/m0/s1. The Balaban J connectivity index is 1.69. The molecule has 0 spiro atoms. The number of carbonyl (C=O) groups is 2. The van der Waals surface area contributed by atoms with Crippen LogP contribution in [0.1, 0.15) is 22.8 Å².